The van der Waals surface area contributed by atoms with Crippen LogP contribution in [0.25, 0.3) is 11.3 Å². The number of halogens is 3. The van der Waals surface area contributed by atoms with Crippen molar-refractivity contribution >= 4 is 34.9 Å². The highest BCUT2D eigenvalue weighted by molar-refractivity contribution is 6.30. The van der Waals surface area contributed by atoms with E-state index in [1.165, 1.54) is 6.07 Å². The van der Waals surface area contributed by atoms with Crippen LogP contribution in [0, 0.1) is 11.7 Å². The molecule has 0 saturated carbocycles. The van der Waals surface area contributed by atoms with E-state index in [2.05, 4.69) is 20.6 Å². The second kappa shape index (κ2) is 10.6. The van der Waals surface area contributed by atoms with E-state index >= 15 is 0 Å². The van der Waals surface area contributed by atoms with Crippen LogP contribution in [0.15, 0.2) is 54.6 Å². The summed E-state index contributed by atoms with van der Waals surface area (Å²) in [4.78, 5) is 21.2. The van der Waals surface area contributed by atoms with E-state index in [9.17, 15) is 9.18 Å². The van der Waals surface area contributed by atoms with E-state index in [0.29, 0.717) is 35.1 Å². The van der Waals surface area contributed by atoms with E-state index < -0.39 is 11.9 Å². The molecule has 1 heterocycles. The van der Waals surface area contributed by atoms with Gasteiger partial charge in [-0.1, -0.05) is 49.7 Å². The molecule has 0 bridgehead atoms. The third-order valence-corrected chi connectivity index (χ3v) is 5.00. The number of hydrogen-bond acceptors (Lipinski definition) is 4. The molecule has 1 amide bonds. The van der Waals surface area contributed by atoms with Crippen LogP contribution in [0.1, 0.15) is 25.8 Å². The van der Waals surface area contributed by atoms with Gasteiger partial charge in [0.05, 0.1) is 5.69 Å². The highest BCUT2D eigenvalue weighted by Gasteiger charge is 2.21. The molecule has 0 fully saturated rings. The SMILES string of the molecule is CC(C)CC(Nc1cc(-c2ccccc2F)nc(Cl)n1)C(=O)NCc1ccc(Cl)cc1. The van der Waals surface area contributed by atoms with Crippen molar-refractivity contribution in [1.82, 2.24) is 15.3 Å². The van der Waals surface area contributed by atoms with Crippen LogP contribution < -0.4 is 10.6 Å². The fourth-order valence-electron chi connectivity index (χ4n) is 3.09. The maximum Gasteiger partial charge on any atom is 0.242 e. The Balaban J connectivity index is 1.77. The maximum absolute atomic E-state index is 14.2. The Hall–Kier alpha value is -2.70. The van der Waals surface area contributed by atoms with Gasteiger partial charge in [-0.25, -0.2) is 14.4 Å². The van der Waals surface area contributed by atoms with Crippen LogP contribution in [-0.2, 0) is 11.3 Å². The van der Waals surface area contributed by atoms with Gasteiger partial charge in [0.1, 0.15) is 17.7 Å². The highest BCUT2D eigenvalue weighted by Crippen LogP contribution is 2.25. The molecule has 3 aromatic rings. The minimum atomic E-state index is -0.549. The minimum Gasteiger partial charge on any atom is -0.358 e. The largest absolute Gasteiger partial charge is 0.358 e. The van der Waals surface area contributed by atoms with Gasteiger partial charge in [0.2, 0.25) is 11.2 Å². The first kappa shape index (κ1) is 23.0. The van der Waals surface area contributed by atoms with Crippen molar-refractivity contribution in [3.63, 3.8) is 0 Å². The van der Waals surface area contributed by atoms with E-state index in [1.807, 2.05) is 26.0 Å². The van der Waals surface area contributed by atoms with Gasteiger partial charge in [0.25, 0.3) is 0 Å². The number of nitrogens with one attached hydrogen (secondary N) is 2. The molecule has 1 unspecified atom stereocenters. The molecule has 5 nitrogen and oxygen atoms in total. The molecular weight excluding hydrogens is 438 g/mol. The Morgan fingerprint density at radius 3 is 2.45 bits per heavy atom. The van der Waals surface area contributed by atoms with E-state index in [-0.39, 0.29) is 17.1 Å². The number of benzene rings is 2. The first-order valence-electron chi connectivity index (χ1n) is 9.90. The molecule has 2 N–H and O–H groups in total. The predicted molar refractivity (Wildman–Crippen MR) is 123 cm³/mol. The Morgan fingerprint density at radius 1 is 1.06 bits per heavy atom. The van der Waals surface area contributed by atoms with E-state index in [0.717, 1.165) is 5.56 Å². The number of carbonyl (C=O) groups is 1. The van der Waals surface area contributed by atoms with Gasteiger partial charge in [-0.15, -0.1) is 0 Å². The molecule has 2 aromatic carbocycles. The lowest BCUT2D eigenvalue weighted by Crippen LogP contribution is -2.40. The third-order valence-electron chi connectivity index (χ3n) is 4.57. The van der Waals surface area contributed by atoms with Gasteiger partial charge in [0.15, 0.2) is 0 Å². The zero-order valence-corrected chi connectivity index (χ0v) is 18.7. The second-order valence-corrected chi connectivity index (χ2v) is 8.33. The van der Waals surface area contributed by atoms with E-state index in [1.54, 1.807) is 36.4 Å². The topological polar surface area (TPSA) is 66.9 Å². The first-order valence-corrected chi connectivity index (χ1v) is 10.7. The van der Waals surface area contributed by atoms with Crippen LogP contribution in [0.4, 0.5) is 10.2 Å². The van der Waals surface area contributed by atoms with Crippen molar-refractivity contribution in [2.75, 3.05) is 5.32 Å². The highest BCUT2D eigenvalue weighted by atomic mass is 35.5. The fraction of sp³-hybridized carbons (Fsp3) is 0.261. The van der Waals surface area contributed by atoms with Crippen LogP contribution in [-0.4, -0.2) is 21.9 Å². The van der Waals surface area contributed by atoms with Gasteiger partial charge >= 0.3 is 0 Å². The van der Waals surface area contributed by atoms with Crippen molar-refractivity contribution in [3.05, 3.63) is 76.3 Å². The molecule has 162 valence electrons. The molecule has 1 atom stereocenters. The van der Waals surface area contributed by atoms with Crippen molar-refractivity contribution in [2.45, 2.75) is 32.9 Å². The van der Waals surface area contributed by atoms with Gasteiger partial charge in [-0.2, -0.15) is 0 Å². The second-order valence-electron chi connectivity index (χ2n) is 7.56. The quantitative estimate of drug-likeness (QED) is 0.421. The molecule has 0 aliphatic carbocycles. The predicted octanol–water partition coefficient (Wildman–Crippen LogP) is 5.73. The number of amides is 1. The zero-order valence-electron chi connectivity index (χ0n) is 17.2. The molecular formula is C23H23Cl2FN4O. The summed E-state index contributed by atoms with van der Waals surface area (Å²) in [7, 11) is 0. The lowest BCUT2D eigenvalue weighted by Gasteiger charge is -2.21. The van der Waals surface area contributed by atoms with Crippen LogP contribution in [0.2, 0.25) is 10.3 Å². The van der Waals surface area contributed by atoms with Crippen LogP contribution in [0.5, 0.6) is 0 Å². The summed E-state index contributed by atoms with van der Waals surface area (Å²) in [6.07, 6.45) is 0.573. The lowest BCUT2D eigenvalue weighted by molar-refractivity contribution is -0.122. The summed E-state index contributed by atoms with van der Waals surface area (Å²) in [6.45, 7) is 4.43. The van der Waals surface area contributed by atoms with Crippen molar-refractivity contribution in [1.29, 1.82) is 0 Å². The molecule has 0 aliphatic rings. The summed E-state index contributed by atoms with van der Waals surface area (Å²) in [6, 6.07) is 14.6. The van der Waals surface area contributed by atoms with Crippen molar-refractivity contribution in [2.24, 2.45) is 5.92 Å². The molecule has 1 aromatic heterocycles. The molecule has 8 heteroatoms. The summed E-state index contributed by atoms with van der Waals surface area (Å²) >= 11 is 12.0. The van der Waals surface area contributed by atoms with Gasteiger partial charge < -0.3 is 10.6 Å². The standard InChI is InChI=1S/C23H23Cl2FN4O/c1-14(2)11-20(22(31)27-13-15-7-9-16(24)10-8-15)28-21-12-19(29-23(25)30-21)17-5-3-4-6-18(17)26/h3-10,12,14,20H,11,13H2,1-2H3,(H,27,31)(H,28,29,30). The summed E-state index contributed by atoms with van der Waals surface area (Å²) in [5.41, 5.74) is 1.58. The maximum atomic E-state index is 14.2. The number of carbonyl (C=O) groups excluding carboxylic acids is 1. The minimum absolute atomic E-state index is 0.0341. The van der Waals surface area contributed by atoms with Crippen molar-refractivity contribution in [3.8, 4) is 11.3 Å². The zero-order chi connectivity index (χ0) is 22.4. The molecule has 0 saturated heterocycles. The molecule has 0 aliphatic heterocycles. The lowest BCUT2D eigenvalue weighted by atomic mass is 10.0. The normalized spacial score (nSPS) is 11.9. The number of aromatic nitrogens is 2. The van der Waals surface area contributed by atoms with Gasteiger partial charge in [-0.3, -0.25) is 4.79 Å². The smallest absolute Gasteiger partial charge is 0.242 e. The van der Waals surface area contributed by atoms with Crippen LogP contribution in [0.3, 0.4) is 0 Å². The molecule has 0 radical (unpaired) electrons. The first-order chi connectivity index (χ1) is 14.8. The Labute approximate surface area is 191 Å². The third kappa shape index (κ3) is 6.64. The summed E-state index contributed by atoms with van der Waals surface area (Å²) in [5.74, 6) is 0.0150. The van der Waals surface area contributed by atoms with Gasteiger partial charge in [0, 0.05) is 23.2 Å². The number of anilines is 1. The number of rotatable bonds is 8. The molecule has 31 heavy (non-hydrogen) atoms. The number of nitrogens with zero attached hydrogens (tertiary/aromatic N) is 2. The monoisotopic (exact) mass is 460 g/mol. The average molecular weight is 461 g/mol. The Kier molecular flexibility index (Phi) is 7.82. The Bertz CT molecular complexity index is 1040. The fourth-order valence-corrected chi connectivity index (χ4v) is 3.40. The summed E-state index contributed by atoms with van der Waals surface area (Å²) < 4.78 is 14.2. The average Bonchev–Trinajstić information content (AvgIpc) is 2.72. The van der Waals surface area contributed by atoms with Gasteiger partial charge in [-0.05, 0) is 53.8 Å². The number of hydrogen-bond donors (Lipinski definition) is 2. The van der Waals surface area contributed by atoms with E-state index in [4.69, 9.17) is 23.2 Å². The van der Waals surface area contributed by atoms with Crippen molar-refractivity contribution < 1.29 is 9.18 Å². The Morgan fingerprint density at radius 2 is 1.77 bits per heavy atom. The summed E-state index contributed by atoms with van der Waals surface area (Å²) in [5, 5.41) is 6.67. The molecule has 0 spiro atoms. The van der Waals surface area contributed by atoms with Crippen LogP contribution >= 0.6 is 23.2 Å². The molecule has 3 rings (SSSR count).